The van der Waals surface area contributed by atoms with Crippen LogP contribution in [0.25, 0.3) is 11.4 Å². The SMILES string of the molecule is N#Cc1c2n(c(=O)n(Cc3nc(-c4ccc(Cl)cc4)no3)c1=O)CCC2. The largest absolute Gasteiger partial charge is 0.337 e. The van der Waals surface area contributed by atoms with Crippen molar-refractivity contribution in [2.45, 2.75) is 25.9 Å². The Morgan fingerprint density at radius 2 is 2.04 bits per heavy atom. The van der Waals surface area contributed by atoms with Gasteiger partial charge in [0.05, 0.1) is 0 Å². The highest BCUT2D eigenvalue weighted by atomic mass is 35.5. The van der Waals surface area contributed by atoms with Gasteiger partial charge in [-0.05, 0) is 37.1 Å². The van der Waals surface area contributed by atoms with Gasteiger partial charge in [-0.1, -0.05) is 16.8 Å². The van der Waals surface area contributed by atoms with Crippen LogP contribution in [0.2, 0.25) is 5.02 Å². The Balaban J connectivity index is 1.73. The van der Waals surface area contributed by atoms with Gasteiger partial charge in [-0.25, -0.2) is 9.36 Å². The number of fused-ring (bicyclic) bond motifs is 1. The predicted molar refractivity (Wildman–Crippen MR) is 91.8 cm³/mol. The third kappa shape index (κ3) is 2.62. The van der Waals surface area contributed by atoms with E-state index in [9.17, 15) is 14.9 Å². The van der Waals surface area contributed by atoms with Crippen LogP contribution in [0, 0.1) is 11.3 Å². The van der Waals surface area contributed by atoms with E-state index in [0.29, 0.717) is 35.1 Å². The van der Waals surface area contributed by atoms with Crippen molar-refractivity contribution < 1.29 is 4.52 Å². The van der Waals surface area contributed by atoms with Crippen LogP contribution in [0.1, 0.15) is 23.6 Å². The normalized spacial score (nSPS) is 12.8. The molecule has 1 aromatic carbocycles. The Morgan fingerprint density at radius 1 is 1.27 bits per heavy atom. The van der Waals surface area contributed by atoms with Crippen molar-refractivity contribution in [2.24, 2.45) is 0 Å². The zero-order chi connectivity index (χ0) is 18.3. The minimum atomic E-state index is -0.628. The molecule has 130 valence electrons. The molecule has 0 saturated carbocycles. The van der Waals surface area contributed by atoms with E-state index in [0.717, 1.165) is 11.0 Å². The van der Waals surface area contributed by atoms with E-state index in [1.54, 1.807) is 24.3 Å². The number of halogens is 1. The average Bonchev–Trinajstić information content (AvgIpc) is 3.29. The molecule has 0 unspecified atom stereocenters. The second-order valence-corrected chi connectivity index (χ2v) is 6.32. The molecule has 1 aliphatic rings. The van der Waals surface area contributed by atoms with Crippen LogP contribution in [0.15, 0.2) is 38.4 Å². The maximum Gasteiger partial charge on any atom is 0.331 e. The maximum absolute atomic E-state index is 12.6. The van der Waals surface area contributed by atoms with E-state index in [4.69, 9.17) is 16.1 Å². The van der Waals surface area contributed by atoms with E-state index in [2.05, 4.69) is 10.1 Å². The Kier molecular flexibility index (Phi) is 3.93. The minimum absolute atomic E-state index is 0.000426. The first-order chi connectivity index (χ1) is 12.6. The third-order valence-corrected chi connectivity index (χ3v) is 4.56. The molecule has 0 N–H and O–H groups in total. The summed E-state index contributed by atoms with van der Waals surface area (Å²) in [6.07, 6.45) is 1.28. The number of nitriles is 1. The Bertz CT molecular complexity index is 1150. The summed E-state index contributed by atoms with van der Waals surface area (Å²) < 4.78 is 7.60. The van der Waals surface area contributed by atoms with Crippen molar-refractivity contribution in [2.75, 3.05) is 0 Å². The molecule has 0 atom stereocenters. The third-order valence-electron chi connectivity index (χ3n) is 4.31. The van der Waals surface area contributed by atoms with Crippen LogP contribution in [-0.4, -0.2) is 19.3 Å². The lowest BCUT2D eigenvalue weighted by Gasteiger charge is -2.08. The molecule has 0 bridgehead atoms. The van der Waals surface area contributed by atoms with Gasteiger partial charge in [0, 0.05) is 22.8 Å². The quantitative estimate of drug-likeness (QED) is 0.693. The molecule has 0 amide bonds. The second kappa shape index (κ2) is 6.28. The zero-order valence-electron chi connectivity index (χ0n) is 13.5. The molecule has 2 aromatic heterocycles. The number of aromatic nitrogens is 4. The van der Waals surface area contributed by atoms with Crippen molar-refractivity contribution in [1.29, 1.82) is 5.26 Å². The predicted octanol–water partition coefficient (Wildman–Crippen LogP) is 1.58. The van der Waals surface area contributed by atoms with E-state index in [1.807, 2.05) is 6.07 Å². The molecule has 0 spiro atoms. The van der Waals surface area contributed by atoms with E-state index < -0.39 is 11.2 Å². The summed E-state index contributed by atoms with van der Waals surface area (Å²) in [5, 5.41) is 13.7. The lowest BCUT2D eigenvalue weighted by atomic mass is 10.2. The number of hydrogen-bond acceptors (Lipinski definition) is 6. The highest BCUT2D eigenvalue weighted by Crippen LogP contribution is 2.19. The monoisotopic (exact) mass is 369 g/mol. The lowest BCUT2D eigenvalue weighted by Crippen LogP contribution is -2.42. The number of nitrogens with zero attached hydrogens (tertiary/aromatic N) is 5. The van der Waals surface area contributed by atoms with Gasteiger partial charge in [-0.2, -0.15) is 10.2 Å². The van der Waals surface area contributed by atoms with Crippen LogP contribution in [-0.2, 0) is 19.5 Å². The smallest absolute Gasteiger partial charge is 0.331 e. The van der Waals surface area contributed by atoms with Gasteiger partial charge in [0.15, 0.2) is 0 Å². The molecule has 0 radical (unpaired) electrons. The molecule has 0 aliphatic carbocycles. The standard InChI is InChI=1S/C17H12ClN5O3/c18-11-5-3-10(4-6-11)15-20-14(26-21-15)9-23-16(24)12(8-19)13-2-1-7-22(13)17(23)25/h3-6H,1-2,7,9H2. The van der Waals surface area contributed by atoms with E-state index >= 15 is 0 Å². The zero-order valence-corrected chi connectivity index (χ0v) is 14.2. The first-order valence-corrected chi connectivity index (χ1v) is 8.31. The van der Waals surface area contributed by atoms with Crippen LogP contribution >= 0.6 is 11.6 Å². The molecule has 1 aliphatic heterocycles. The molecule has 3 aromatic rings. The number of hydrogen-bond donors (Lipinski definition) is 0. The molecular weight excluding hydrogens is 358 g/mol. The van der Waals surface area contributed by atoms with Crippen LogP contribution < -0.4 is 11.2 Å². The summed E-state index contributed by atoms with van der Waals surface area (Å²) in [5.74, 6) is 0.433. The highest BCUT2D eigenvalue weighted by Gasteiger charge is 2.23. The van der Waals surface area contributed by atoms with Gasteiger partial charge in [-0.15, -0.1) is 0 Å². The second-order valence-electron chi connectivity index (χ2n) is 5.88. The summed E-state index contributed by atoms with van der Waals surface area (Å²) in [4.78, 5) is 29.3. The number of benzene rings is 1. The molecule has 3 heterocycles. The van der Waals surface area contributed by atoms with Gasteiger partial charge in [0.2, 0.25) is 11.7 Å². The van der Waals surface area contributed by atoms with Gasteiger partial charge >= 0.3 is 5.69 Å². The molecule has 0 saturated heterocycles. The molecule has 8 nitrogen and oxygen atoms in total. The molecular formula is C17H12ClN5O3. The van der Waals surface area contributed by atoms with Crippen LogP contribution in [0.4, 0.5) is 0 Å². The topological polar surface area (TPSA) is 107 Å². The van der Waals surface area contributed by atoms with E-state index in [-0.39, 0.29) is 18.0 Å². The molecule has 26 heavy (non-hydrogen) atoms. The highest BCUT2D eigenvalue weighted by molar-refractivity contribution is 6.30. The molecule has 9 heteroatoms. The summed E-state index contributed by atoms with van der Waals surface area (Å²) >= 11 is 5.86. The summed E-state index contributed by atoms with van der Waals surface area (Å²) in [6, 6.07) is 8.78. The van der Waals surface area contributed by atoms with Gasteiger partial charge in [0.25, 0.3) is 5.56 Å². The van der Waals surface area contributed by atoms with Gasteiger partial charge in [0.1, 0.15) is 18.2 Å². The number of rotatable bonds is 3. The fourth-order valence-electron chi connectivity index (χ4n) is 3.06. The van der Waals surface area contributed by atoms with Crippen LogP contribution in [0.5, 0.6) is 0 Å². The van der Waals surface area contributed by atoms with E-state index in [1.165, 1.54) is 4.57 Å². The average molecular weight is 370 g/mol. The first-order valence-electron chi connectivity index (χ1n) is 7.93. The van der Waals surface area contributed by atoms with Gasteiger partial charge < -0.3 is 4.52 Å². The maximum atomic E-state index is 12.6. The fourth-order valence-corrected chi connectivity index (χ4v) is 3.18. The lowest BCUT2D eigenvalue weighted by molar-refractivity contribution is 0.366. The van der Waals surface area contributed by atoms with Crippen LogP contribution in [0.3, 0.4) is 0 Å². The summed E-state index contributed by atoms with van der Waals surface area (Å²) in [7, 11) is 0. The molecule has 0 fully saturated rings. The fraction of sp³-hybridized carbons (Fsp3) is 0.235. The van der Waals surface area contributed by atoms with Crippen molar-refractivity contribution in [3.8, 4) is 17.5 Å². The minimum Gasteiger partial charge on any atom is -0.337 e. The van der Waals surface area contributed by atoms with Crippen molar-refractivity contribution in [3.05, 3.63) is 67.3 Å². The Morgan fingerprint density at radius 3 is 2.77 bits per heavy atom. The van der Waals surface area contributed by atoms with Gasteiger partial charge in [-0.3, -0.25) is 9.36 Å². The Hall–Kier alpha value is -3.18. The van der Waals surface area contributed by atoms with Crippen molar-refractivity contribution in [1.82, 2.24) is 19.3 Å². The molecule has 4 rings (SSSR count). The van der Waals surface area contributed by atoms with Crippen molar-refractivity contribution >= 4 is 11.6 Å². The Labute approximate surface area is 151 Å². The first kappa shape index (κ1) is 16.3. The van der Waals surface area contributed by atoms with Crippen molar-refractivity contribution in [3.63, 3.8) is 0 Å². The summed E-state index contributed by atoms with van der Waals surface area (Å²) in [6.45, 7) is 0.302. The summed E-state index contributed by atoms with van der Waals surface area (Å²) in [5.41, 5.74) is 0.107.